The first-order valence-corrected chi connectivity index (χ1v) is 5.22. The largest absolute Gasteiger partial charge is 0.481 e. The molecule has 0 radical (unpaired) electrons. The van der Waals surface area contributed by atoms with E-state index in [9.17, 15) is 4.79 Å². The molecule has 0 saturated heterocycles. The number of nitrogens with zero attached hydrogens (tertiary/aromatic N) is 2. The zero-order valence-corrected chi connectivity index (χ0v) is 9.40. The maximum absolute atomic E-state index is 10.5. The van der Waals surface area contributed by atoms with Crippen molar-refractivity contribution >= 4 is 16.9 Å². The summed E-state index contributed by atoms with van der Waals surface area (Å²) in [6.07, 6.45) is 0.741. The van der Waals surface area contributed by atoms with E-state index in [0.717, 1.165) is 22.2 Å². The number of carbonyl (C=O) groups is 1. The molecule has 4 nitrogen and oxygen atoms in total. The number of rotatable bonds is 3. The third-order valence-corrected chi connectivity index (χ3v) is 2.82. The van der Waals surface area contributed by atoms with Crippen LogP contribution in [-0.4, -0.2) is 20.9 Å². The van der Waals surface area contributed by atoms with Gasteiger partial charge in [0.25, 0.3) is 0 Å². The monoisotopic (exact) mass is 218 g/mol. The maximum atomic E-state index is 10.5. The molecule has 0 aliphatic rings. The van der Waals surface area contributed by atoms with E-state index in [2.05, 4.69) is 5.10 Å². The number of aromatic nitrogens is 2. The van der Waals surface area contributed by atoms with Gasteiger partial charge in [-0.2, -0.15) is 5.10 Å². The molecule has 0 aliphatic carbocycles. The van der Waals surface area contributed by atoms with Crippen LogP contribution in [-0.2, 0) is 18.3 Å². The molecule has 2 aromatic rings. The average molecular weight is 218 g/mol. The molecule has 1 N–H and O–H groups in total. The molecule has 1 aromatic heterocycles. The van der Waals surface area contributed by atoms with Gasteiger partial charge in [-0.15, -0.1) is 0 Å². The second-order valence-electron chi connectivity index (χ2n) is 3.95. The van der Waals surface area contributed by atoms with E-state index < -0.39 is 5.97 Å². The van der Waals surface area contributed by atoms with Crippen LogP contribution < -0.4 is 0 Å². The maximum Gasteiger partial charge on any atom is 0.303 e. The van der Waals surface area contributed by atoms with Crippen molar-refractivity contribution in [2.24, 2.45) is 7.05 Å². The minimum atomic E-state index is -0.761. The van der Waals surface area contributed by atoms with Gasteiger partial charge in [0, 0.05) is 24.5 Å². The number of hydrogen-bond acceptors (Lipinski definition) is 2. The summed E-state index contributed by atoms with van der Waals surface area (Å²) in [5.74, 6) is -0.761. The summed E-state index contributed by atoms with van der Waals surface area (Å²) < 4.78 is 1.84. The predicted molar refractivity (Wildman–Crippen MR) is 61.4 cm³/mol. The van der Waals surface area contributed by atoms with Crippen molar-refractivity contribution in [3.05, 3.63) is 29.5 Å². The third kappa shape index (κ3) is 1.91. The van der Waals surface area contributed by atoms with Gasteiger partial charge < -0.3 is 5.11 Å². The highest BCUT2D eigenvalue weighted by Gasteiger charge is 2.06. The smallest absolute Gasteiger partial charge is 0.303 e. The van der Waals surface area contributed by atoms with Crippen LogP contribution in [0.1, 0.15) is 17.7 Å². The van der Waals surface area contributed by atoms with Crippen LogP contribution in [0.15, 0.2) is 18.2 Å². The highest BCUT2D eigenvalue weighted by Crippen LogP contribution is 2.19. The summed E-state index contributed by atoms with van der Waals surface area (Å²) in [5, 5.41) is 14.1. The topological polar surface area (TPSA) is 55.1 Å². The van der Waals surface area contributed by atoms with Crippen molar-refractivity contribution in [2.45, 2.75) is 19.8 Å². The number of carboxylic acid groups (broad SMARTS) is 1. The van der Waals surface area contributed by atoms with E-state index in [1.54, 1.807) is 0 Å². The van der Waals surface area contributed by atoms with Gasteiger partial charge in [0.05, 0.1) is 5.52 Å². The van der Waals surface area contributed by atoms with Crippen molar-refractivity contribution in [3.63, 3.8) is 0 Å². The molecule has 84 valence electrons. The SMILES string of the molecule is Cc1c2cc(CCC(=O)O)ccc2nn1C. The Balaban J connectivity index is 2.35. The van der Waals surface area contributed by atoms with Crippen molar-refractivity contribution in [1.82, 2.24) is 9.78 Å². The standard InChI is InChI=1S/C12H14N2O2/c1-8-10-7-9(4-6-12(15)16)3-5-11(10)13-14(8)2/h3,5,7H,4,6H2,1-2H3,(H,15,16). The van der Waals surface area contributed by atoms with Gasteiger partial charge in [0.1, 0.15) is 0 Å². The minimum absolute atomic E-state index is 0.171. The van der Waals surface area contributed by atoms with E-state index in [0.29, 0.717) is 6.42 Å². The normalized spacial score (nSPS) is 10.9. The number of aliphatic carboxylic acids is 1. The molecular formula is C12H14N2O2. The van der Waals surface area contributed by atoms with Gasteiger partial charge in [0.2, 0.25) is 0 Å². The molecule has 1 heterocycles. The predicted octanol–water partition coefficient (Wildman–Crippen LogP) is 1.90. The number of fused-ring (bicyclic) bond motifs is 1. The van der Waals surface area contributed by atoms with Gasteiger partial charge in [-0.05, 0) is 31.0 Å². The summed E-state index contributed by atoms with van der Waals surface area (Å²) in [6, 6.07) is 5.91. The first-order chi connectivity index (χ1) is 7.58. The molecule has 0 amide bonds. The van der Waals surface area contributed by atoms with Gasteiger partial charge in [-0.25, -0.2) is 0 Å². The van der Waals surface area contributed by atoms with Crippen LogP contribution in [0.25, 0.3) is 10.9 Å². The second-order valence-corrected chi connectivity index (χ2v) is 3.95. The Labute approximate surface area is 93.5 Å². The number of carboxylic acids is 1. The molecule has 4 heteroatoms. The first-order valence-electron chi connectivity index (χ1n) is 5.22. The zero-order valence-electron chi connectivity index (χ0n) is 9.40. The lowest BCUT2D eigenvalue weighted by Gasteiger charge is -1.99. The fraction of sp³-hybridized carbons (Fsp3) is 0.333. The molecule has 1 aromatic carbocycles. The lowest BCUT2D eigenvalue weighted by molar-refractivity contribution is -0.136. The highest BCUT2D eigenvalue weighted by atomic mass is 16.4. The minimum Gasteiger partial charge on any atom is -0.481 e. The molecule has 0 bridgehead atoms. The van der Waals surface area contributed by atoms with Gasteiger partial charge in [-0.1, -0.05) is 6.07 Å². The van der Waals surface area contributed by atoms with Crippen LogP contribution >= 0.6 is 0 Å². The Kier molecular flexibility index (Phi) is 2.64. The first kappa shape index (κ1) is 10.7. The number of aryl methyl sites for hydroxylation is 3. The fourth-order valence-electron chi connectivity index (χ4n) is 1.78. The Bertz CT molecular complexity index is 543. The van der Waals surface area contributed by atoms with E-state index in [1.165, 1.54) is 0 Å². The van der Waals surface area contributed by atoms with Crippen LogP contribution in [0.3, 0.4) is 0 Å². The van der Waals surface area contributed by atoms with Crippen molar-refractivity contribution in [2.75, 3.05) is 0 Å². The molecule has 16 heavy (non-hydrogen) atoms. The summed E-state index contributed by atoms with van der Waals surface area (Å²) in [7, 11) is 1.91. The number of hydrogen-bond donors (Lipinski definition) is 1. The molecule has 0 fully saturated rings. The molecule has 0 spiro atoms. The Morgan fingerprint density at radius 2 is 2.25 bits per heavy atom. The van der Waals surface area contributed by atoms with Crippen LogP contribution in [0.2, 0.25) is 0 Å². The molecule has 0 aliphatic heterocycles. The summed E-state index contributed by atoms with van der Waals surface area (Å²) in [6.45, 7) is 2.01. The zero-order chi connectivity index (χ0) is 11.7. The lowest BCUT2D eigenvalue weighted by atomic mass is 10.1. The molecule has 0 atom stereocenters. The highest BCUT2D eigenvalue weighted by molar-refractivity contribution is 5.82. The quantitative estimate of drug-likeness (QED) is 0.856. The Morgan fingerprint density at radius 3 is 2.94 bits per heavy atom. The fourth-order valence-corrected chi connectivity index (χ4v) is 1.78. The van der Waals surface area contributed by atoms with E-state index in [1.807, 2.05) is 36.9 Å². The van der Waals surface area contributed by atoms with Crippen LogP contribution in [0.4, 0.5) is 0 Å². The average Bonchev–Trinajstić information content (AvgIpc) is 2.52. The Morgan fingerprint density at radius 1 is 1.50 bits per heavy atom. The van der Waals surface area contributed by atoms with Crippen molar-refractivity contribution < 1.29 is 9.90 Å². The van der Waals surface area contributed by atoms with Gasteiger partial charge >= 0.3 is 5.97 Å². The van der Waals surface area contributed by atoms with Gasteiger partial charge in [0.15, 0.2) is 0 Å². The summed E-state index contributed by atoms with van der Waals surface area (Å²) in [4.78, 5) is 10.5. The summed E-state index contributed by atoms with van der Waals surface area (Å²) >= 11 is 0. The third-order valence-electron chi connectivity index (χ3n) is 2.82. The van der Waals surface area contributed by atoms with E-state index >= 15 is 0 Å². The molecule has 0 saturated carbocycles. The molecular weight excluding hydrogens is 204 g/mol. The van der Waals surface area contributed by atoms with E-state index in [4.69, 9.17) is 5.11 Å². The van der Waals surface area contributed by atoms with Crippen molar-refractivity contribution in [1.29, 1.82) is 0 Å². The van der Waals surface area contributed by atoms with Crippen LogP contribution in [0.5, 0.6) is 0 Å². The molecule has 0 unspecified atom stereocenters. The van der Waals surface area contributed by atoms with Crippen molar-refractivity contribution in [3.8, 4) is 0 Å². The van der Waals surface area contributed by atoms with Gasteiger partial charge in [-0.3, -0.25) is 9.48 Å². The Hall–Kier alpha value is -1.84. The lowest BCUT2D eigenvalue weighted by Crippen LogP contribution is -1.97. The second kappa shape index (κ2) is 3.96. The van der Waals surface area contributed by atoms with E-state index in [-0.39, 0.29) is 6.42 Å². The summed E-state index contributed by atoms with van der Waals surface area (Å²) in [5.41, 5.74) is 3.11. The number of benzene rings is 1. The molecule has 2 rings (SSSR count). The van der Waals surface area contributed by atoms with Crippen LogP contribution in [0, 0.1) is 6.92 Å².